The molecule has 1 unspecified atom stereocenters. The molecule has 1 atom stereocenters. The lowest BCUT2D eigenvalue weighted by Gasteiger charge is -2.19. The van der Waals surface area contributed by atoms with E-state index in [1.807, 2.05) is 0 Å². The highest BCUT2D eigenvalue weighted by Crippen LogP contribution is 2.17. The molecule has 0 fully saturated rings. The maximum absolute atomic E-state index is 6.21. The van der Waals surface area contributed by atoms with E-state index in [1.165, 1.54) is 31.4 Å². The molecule has 0 aliphatic rings. The molecule has 2 N–H and O–H groups in total. The number of benzene rings is 1. The van der Waals surface area contributed by atoms with E-state index in [0.717, 1.165) is 17.4 Å². The lowest BCUT2D eigenvalue weighted by atomic mass is 10.0. The molecule has 0 spiro atoms. The largest absolute Gasteiger partial charge is 0.324 e. The Bertz CT molecular complexity index is 324. The van der Waals surface area contributed by atoms with Crippen molar-refractivity contribution in [2.75, 3.05) is 20.1 Å². The summed E-state index contributed by atoms with van der Waals surface area (Å²) in [6, 6.07) is 8.46. The van der Waals surface area contributed by atoms with Crippen molar-refractivity contribution in [3.05, 3.63) is 34.3 Å². The van der Waals surface area contributed by atoms with Crippen LogP contribution in [0.2, 0.25) is 0 Å². The smallest absolute Gasteiger partial charge is 0.0307 e. The minimum absolute atomic E-state index is 0.145. The van der Waals surface area contributed by atoms with Crippen LogP contribution >= 0.6 is 15.9 Å². The predicted octanol–water partition coefficient (Wildman–Crippen LogP) is 3.96. The predicted molar refractivity (Wildman–Crippen MR) is 82.7 cm³/mol. The summed E-state index contributed by atoms with van der Waals surface area (Å²) in [7, 11) is 2.18. The molecule has 18 heavy (non-hydrogen) atoms. The van der Waals surface area contributed by atoms with Crippen molar-refractivity contribution in [2.45, 2.75) is 38.6 Å². The van der Waals surface area contributed by atoms with Gasteiger partial charge in [-0.05, 0) is 50.7 Å². The van der Waals surface area contributed by atoms with Crippen LogP contribution in [0.25, 0.3) is 0 Å². The fourth-order valence-corrected chi connectivity index (χ4v) is 2.24. The second-order valence-electron chi connectivity index (χ2n) is 4.96. The summed E-state index contributed by atoms with van der Waals surface area (Å²) in [6.07, 6.45) is 4.92. The molecule has 2 nitrogen and oxygen atoms in total. The van der Waals surface area contributed by atoms with Crippen LogP contribution in [0.1, 0.15) is 44.2 Å². The first-order valence-corrected chi connectivity index (χ1v) is 7.62. The monoisotopic (exact) mass is 312 g/mol. The van der Waals surface area contributed by atoms with Crippen LogP contribution in [0.5, 0.6) is 0 Å². The number of rotatable bonds is 8. The van der Waals surface area contributed by atoms with Crippen LogP contribution in [0.3, 0.4) is 0 Å². The summed E-state index contributed by atoms with van der Waals surface area (Å²) >= 11 is 3.44. The first-order valence-electron chi connectivity index (χ1n) is 6.83. The number of halogens is 1. The van der Waals surface area contributed by atoms with Gasteiger partial charge in [0.05, 0.1) is 0 Å². The Morgan fingerprint density at radius 2 is 1.83 bits per heavy atom. The van der Waals surface area contributed by atoms with E-state index in [0.29, 0.717) is 0 Å². The zero-order chi connectivity index (χ0) is 13.4. The highest BCUT2D eigenvalue weighted by molar-refractivity contribution is 9.10. The molecule has 1 aromatic carbocycles. The number of unbranched alkanes of at least 4 members (excludes halogenated alkanes) is 2. The van der Waals surface area contributed by atoms with Gasteiger partial charge in [0.15, 0.2) is 0 Å². The van der Waals surface area contributed by atoms with Gasteiger partial charge in [-0.25, -0.2) is 0 Å². The van der Waals surface area contributed by atoms with Gasteiger partial charge < -0.3 is 10.6 Å². The molecule has 1 rings (SSSR count). The van der Waals surface area contributed by atoms with Crippen LogP contribution in [-0.4, -0.2) is 25.0 Å². The van der Waals surface area contributed by atoms with E-state index in [1.54, 1.807) is 0 Å². The third-order valence-electron chi connectivity index (χ3n) is 3.26. The Labute approximate surface area is 120 Å². The van der Waals surface area contributed by atoms with E-state index in [4.69, 9.17) is 5.73 Å². The molecule has 0 saturated carbocycles. The normalized spacial score (nSPS) is 12.9. The molecular weight excluding hydrogens is 288 g/mol. The molecule has 0 saturated heterocycles. The molecule has 3 heteroatoms. The van der Waals surface area contributed by atoms with E-state index >= 15 is 0 Å². The van der Waals surface area contributed by atoms with E-state index in [9.17, 15) is 0 Å². The van der Waals surface area contributed by atoms with Crippen molar-refractivity contribution in [3.63, 3.8) is 0 Å². The van der Waals surface area contributed by atoms with Gasteiger partial charge in [-0.3, -0.25) is 0 Å². The molecule has 102 valence electrons. The second kappa shape index (κ2) is 8.68. The summed E-state index contributed by atoms with van der Waals surface area (Å²) in [5.41, 5.74) is 7.43. The van der Waals surface area contributed by atoms with Gasteiger partial charge in [0, 0.05) is 10.5 Å². The summed E-state index contributed by atoms with van der Waals surface area (Å²) in [5.74, 6) is 0. The number of hydrogen-bond donors (Lipinski definition) is 1. The van der Waals surface area contributed by atoms with Gasteiger partial charge in [-0.1, -0.05) is 47.8 Å². The quantitative estimate of drug-likeness (QED) is 0.736. The molecule has 0 radical (unpaired) electrons. The second-order valence-corrected chi connectivity index (χ2v) is 5.87. The Hall–Kier alpha value is -0.380. The van der Waals surface area contributed by atoms with Crippen LogP contribution < -0.4 is 5.73 Å². The molecule has 1 aromatic rings. The number of nitrogens with zero attached hydrogens (tertiary/aromatic N) is 1. The van der Waals surface area contributed by atoms with E-state index < -0.39 is 0 Å². The maximum atomic E-state index is 6.21. The third-order valence-corrected chi connectivity index (χ3v) is 3.79. The summed E-state index contributed by atoms with van der Waals surface area (Å²) in [5, 5.41) is 0. The van der Waals surface area contributed by atoms with Crippen LogP contribution in [-0.2, 0) is 0 Å². The van der Waals surface area contributed by atoms with E-state index in [2.05, 4.69) is 59.1 Å². The maximum Gasteiger partial charge on any atom is 0.0307 e. The van der Waals surface area contributed by atoms with Gasteiger partial charge >= 0.3 is 0 Å². The van der Waals surface area contributed by atoms with Gasteiger partial charge in [-0.15, -0.1) is 0 Å². The molecular formula is C15H25BrN2. The molecule has 0 aliphatic carbocycles. The average Bonchev–Trinajstić information content (AvgIpc) is 2.37. The van der Waals surface area contributed by atoms with Crippen LogP contribution in [0.15, 0.2) is 28.7 Å². The SMILES string of the molecule is CCCCCN(C)CCC(N)c1ccc(Br)cc1. The Morgan fingerprint density at radius 1 is 1.17 bits per heavy atom. The van der Waals surface area contributed by atoms with Gasteiger partial charge in [0.2, 0.25) is 0 Å². The minimum atomic E-state index is 0.145. The third kappa shape index (κ3) is 5.98. The van der Waals surface area contributed by atoms with Crippen molar-refractivity contribution in [1.82, 2.24) is 4.90 Å². The Morgan fingerprint density at radius 3 is 2.44 bits per heavy atom. The minimum Gasteiger partial charge on any atom is -0.324 e. The zero-order valence-corrected chi connectivity index (χ0v) is 13.1. The highest BCUT2D eigenvalue weighted by Gasteiger charge is 2.07. The lowest BCUT2D eigenvalue weighted by molar-refractivity contribution is 0.311. The molecule has 0 aromatic heterocycles. The molecule has 0 heterocycles. The van der Waals surface area contributed by atoms with Gasteiger partial charge in [0.1, 0.15) is 0 Å². The van der Waals surface area contributed by atoms with Crippen molar-refractivity contribution >= 4 is 15.9 Å². The van der Waals surface area contributed by atoms with Crippen molar-refractivity contribution in [1.29, 1.82) is 0 Å². The highest BCUT2D eigenvalue weighted by atomic mass is 79.9. The first-order chi connectivity index (χ1) is 8.63. The fraction of sp³-hybridized carbons (Fsp3) is 0.600. The van der Waals surface area contributed by atoms with Crippen LogP contribution in [0, 0.1) is 0 Å². The van der Waals surface area contributed by atoms with Gasteiger partial charge in [-0.2, -0.15) is 0 Å². The fourth-order valence-electron chi connectivity index (χ4n) is 1.98. The number of hydrogen-bond acceptors (Lipinski definition) is 2. The standard InChI is InChI=1S/C15H25BrN2/c1-3-4-5-11-18(2)12-10-15(17)13-6-8-14(16)9-7-13/h6-9,15H,3-5,10-12,17H2,1-2H3. The Balaban J connectivity index is 2.27. The molecule has 0 amide bonds. The molecule has 0 bridgehead atoms. The van der Waals surface area contributed by atoms with Crippen molar-refractivity contribution in [3.8, 4) is 0 Å². The average molecular weight is 313 g/mol. The molecule has 0 aliphatic heterocycles. The lowest BCUT2D eigenvalue weighted by Crippen LogP contribution is -2.24. The van der Waals surface area contributed by atoms with Crippen LogP contribution in [0.4, 0.5) is 0 Å². The van der Waals surface area contributed by atoms with Crippen molar-refractivity contribution < 1.29 is 0 Å². The number of nitrogens with two attached hydrogens (primary N) is 1. The Kier molecular flexibility index (Phi) is 7.56. The first kappa shape index (κ1) is 15.7. The van der Waals surface area contributed by atoms with E-state index in [-0.39, 0.29) is 6.04 Å². The summed E-state index contributed by atoms with van der Waals surface area (Å²) < 4.78 is 1.11. The zero-order valence-electron chi connectivity index (χ0n) is 11.5. The summed E-state index contributed by atoms with van der Waals surface area (Å²) in [4.78, 5) is 2.38. The summed E-state index contributed by atoms with van der Waals surface area (Å²) in [6.45, 7) is 4.49. The van der Waals surface area contributed by atoms with Gasteiger partial charge in [0.25, 0.3) is 0 Å². The van der Waals surface area contributed by atoms with Crippen molar-refractivity contribution in [2.24, 2.45) is 5.73 Å². The topological polar surface area (TPSA) is 29.3 Å².